The summed E-state index contributed by atoms with van der Waals surface area (Å²) in [6.07, 6.45) is -0.477. The van der Waals surface area contributed by atoms with E-state index in [4.69, 9.17) is 4.74 Å². The molecule has 2 atom stereocenters. The fourth-order valence-corrected chi connectivity index (χ4v) is 2.75. The normalized spacial score (nSPS) is 14.1. The molecule has 19 heavy (non-hydrogen) atoms. The second-order valence-electron chi connectivity index (χ2n) is 4.44. The Labute approximate surface area is 117 Å². The van der Waals surface area contributed by atoms with Crippen LogP contribution in [0, 0.1) is 0 Å². The Morgan fingerprint density at radius 3 is 2.74 bits per heavy atom. The number of benzene rings is 1. The number of para-hydroxylation sites is 1. The SMILES string of the molecule is COc1ccccc1CNC(C)C(O)c1cccs1. The molecule has 3 nitrogen and oxygen atoms in total. The van der Waals surface area contributed by atoms with E-state index in [2.05, 4.69) is 5.32 Å². The molecule has 2 rings (SSSR count). The van der Waals surface area contributed by atoms with E-state index in [-0.39, 0.29) is 6.04 Å². The maximum atomic E-state index is 10.2. The summed E-state index contributed by atoms with van der Waals surface area (Å²) in [5.74, 6) is 0.868. The van der Waals surface area contributed by atoms with E-state index in [1.54, 1.807) is 18.4 Å². The largest absolute Gasteiger partial charge is 0.496 e. The van der Waals surface area contributed by atoms with E-state index in [1.165, 1.54) is 0 Å². The van der Waals surface area contributed by atoms with E-state index in [0.29, 0.717) is 6.54 Å². The molecular formula is C15H19NO2S. The Morgan fingerprint density at radius 2 is 2.05 bits per heavy atom. The van der Waals surface area contributed by atoms with Gasteiger partial charge in [-0.15, -0.1) is 11.3 Å². The van der Waals surface area contributed by atoms with Crippen molar-refractivity contribution >= 4 is 11.3 Å². The van der Waals surface area contributed by atoms with Crippen LogP contribution in [0.1, 0.15) is 23.5 Å². The van der Waals surface area contributed by atoms with Gasteiger partial charge in [0.1, 0.15) is 11.9 Å². The fraction of sp³-hybridized carbons (Fsp3) is 0.333. The van der Waals surface area contributed by atoms with E-state index in [1.807, 2.05) is 48.7 Å². The number of nitrogens with one attached hydrogen (secondary N) is 1. The molecule has 0 saturated carbocycles. The molecule has 0 aliphatic heterocycles. The van der Waals surface area contributed by atoms with Crippen molar-refractivity contribution in [2.24, 2.45) is 0 Å². The first kappa shape index (κ1) is 14.1. The molecule has 0 amide bonds. The third-order valence-corrected chi connectivity index (χ3v) is 4.06. The standard InChI is InChI=1S/C15H19NO2S/c1-11(15(17)14-8-5-9-19-14)16-10-12-6-3-4-7-13(12)18-2/h3-9,11,15-17H,10H2,1-2H3. The zero-order valence-corrected chi connectivity index (χ0v) is 12.0. The summed E-state index contributed by atoms with van der Waals surface area (Å²) in [4.78, 5) is 0.986. The van der Waals surface area contributed by atoms with Crippen molar-refractivity contribution < 1.29 is 9.84 Å². The van der Waals surface area contributed by atoms with E-state index in [9.17, 15) is 5.11 Å². The number of rotatable bonds is 6. The van der Waals surface area contributed by atoms with Crippen LogP contribution in [0.25, 0.3) is 0 Å². The summed E-state index contributed by atoms with van der Waals surface area (Å²) in [5.41, 5.74) is 1.09. The maximum absolute atomic E-state index is 10.2. The molecule has 0 spiro atoms. The third-order valence-electron chi connectivity index (χ3n) is 3.12. The minimum absolute atomic E-state index is 0.0106. The molecule has 1 aromatic carbocycles. The van der Waals surface area contributed by atoms with Crippen molar-refractivity contribution in [3.8, 4) is 5.75 Å². The van der Waals surface area contributed by atoms with Gasteiger partial charge in [0.2, 0.25) is 0 Å². The number of hydrogen-bond donors (Lipinski definition) is 2. The monoisotopic (exact) mass is 277 g/mol. The number of hydrogen-bond acceptors (Lipinski definition) is 4. The number of thiophene rings is 1. The summed E-state index contributed by atoms with van der Waals surface area (Å²) in [6, 6.07) is 11.8. The van der Waals surface area contributed by atoms with Gasteiger partial charge >= 0.3 is 0 Å². The van der Waals surface area contributed by atoms with Crippen LogP contribution in [0.3, 0.4) is 0 Å². The highest BCUT2D eigenvalue weighted by Gasteiger charge is 2.17. The minimum Gasteiger partial charge on any atom is -0.496 e. The van der Waals surface area contributed by atoms with Crippen LogP contribution in [-0.4, -0.2) is 18.3 Å². The van der Waals surface area contributed by atoms with Gasteiger partial charge in [0.25, 0.3) is 0 Å². The Bertz CT molecular complexity index is 499. The lowest BCUT2D eigenvalue weighted by molar-refractivity contribution is 0.138. The van der Waals surface area contributed by atoms with Crippen molar-refractivity contribution in [3.05, 3.63) is 52.2 Å². The molecule has 4 heteroatoms. The zero-order chi connectivity index (χ0) is 13.7. The number of methoxy groups -OCH3 is 1. The number of ether oxygens (including phenoxy) is 1. The topological polar surface area (TPSA) is 41.5 Å². The highest BCUT2D eigenvalue weighted by molar-refractivity contribution is 7.10. The third kappa shape index (κ3) is 3.56. The predicted octanol–water partition coefficient (Wildman–Crippen LogP) is 2.97. The van der Waals surface area contributed by atoms with Gasteiger partial charge < -0.3 is 15.2 Å². The average Bonchev–Trinajstić information content (AvgIpc) is 2.98. The second kappa shape index (κ2) is 6.70. The predicted molar refractivity (Wildman–Crippen MR) is 78.6 cm³/mol. The Morgan fingerprint density at radius 1 is 1.26 bits per heavy atom. The van der Waals surface area contributed by atoms with E-state index in [0.717, 1.165) is 16.2 Å². The van der Waals surface area contributed by atoms with Gasteiger partial charge in [-0.1, -0.05) is 24.3 Å². The molecule has 102 valence electrons. The van der Waals surface area contributed by atoms with Crippen LogP contribution in [-0.2, 0) is 6.54 Å². The van der Waals surface area contributed by atoms with E-state index < -0.39 is 6.10 Å². The van der Waals surface area contributed by atoms with Gasteiger partial charge in [-0.05, 0) is 24.4 Å². The molecule has 2 aromatic rings. The molecule has 2 N–H and O–H groups in total. The van der Waals surface area contributed by atoms with Crippen LogP contribution in [0.2, 0.25) is 0 Å². The molecule has 0 aliphatic rings. The van der Waals surface area contributed by atoms with E-state index >= 15 is 0 Å². The highest BCUT2D eigenvalue weighted by atomic mass is 32.1. The molecule has 0 bridgehead atoms. The highest BCUT2D eigenvalue weighted by Crippen LogP contribution is 2.23. The lowest BCUT2D eigenvalue weighted by Gasteiger charge is -2.20. The van der Waals surface area contributed by atoms with Gasteiger partial charge in [0.15, 0.2) is 0 Å². The molecule has 0 saturated heterocycles. The fourth-order valence-electron chi connectivity index (χ4n) is 1.94. The smallest absolute Gasteiger partial charge is 0.123 e. The van der Waals surface area contributed by atoms with Gasteiger partial charge in [-0.25, -0.2) is 0 Å². The molecule has 0 fully saturated rings. The van der Waals surface area contributed by atoms with Crippen LogP contribution in [0.15, 0.2) is 41.8 Å². The Hall–Kier alpha value is -1.36. The van der Waals surface area contributed by atoms with Crippen molar-refractivity contribution in [2.75, 3.05) is 7.11 Å². The lowest BCUT2D eigenvalue weighted by atomic mass is 10.1. The van der Waals surface area contributed by atoms with Crippen molar-refractivity contribution in [3.63, 3.8) is 0 Å². The van der Waals surface area contributed by atoms with Crippen molar-refractivity contribution in [2.45, 2.75) is 25.6 Å². The molecule has 1 heterocycles. The van der Waals surface area contributed by atoms with Crippen molar-refractivity contribution in [1.29, 1.82) is 0 Å². The summed E-state index contributed by atoms with van der Waals surface area (Å²) in [6.45, 7) is 2.66. The average molecular weight is 277 g/mol. The number of aliphatic hydroxyl groups is 1. The second-order valence-corrected chi connectivity index (χ2v) is 5.42. The molecule has 0 aliphatic carbocycles. The molecular weight excluding hydrogens is 258 g/mol. The van der Waals surface area contributed by atoms with Gasteiger partial charge in [0, 0.05) is 23.0 Å². The first-order valence-electron chi connectivity index (χ1n) is 6.29. The number of aliphatic hydroxyl groups excluding tert-OH is 1. The summed E-state index contributed by atoms with van der Waals surface area (Å²) in [7, 11) is 1.67. The van der Waals surface area contributed by atoms with Crippen LogP contribution in [0.5, 0.6) is 5.75 Å². The first-order valence-corrected chi connectivity index (χ1v) is 7.17. The first-order chi connectivity index (χ1) is 9.22. The van der Waals surface area contributed by atoms with Gasteiger partial charge in [-0.2, -0.15) is 0 Å². The molecule has 2 unspecified atom stereocenters. The Kier molecular flexibility index (Phi) is 4.96. The van der Waals surface area contributed by atoms with Crippen LogP contribution < -0.4 is 10.1 Å². The van der Waals surface area contributed by atoms with Gasteiger partial charge in [0.05, 0.1) is 7.11 Å². The minimum atomic E-state index is -0.477. The van der Waals surface area contributed by atoms with Crippen LogP contribution in [0.4, 0.5) is 0 Å². The molecule has 1 aromatic heterocycles. The summed E-state index contributed by atoms with van der Waals surface area (Å²) >= 11 is 1.57. The Balaban J connectivity index is 1.95. The summed E-state index contributed by atoms with van der Waals surface area (Å²) < 4.78 is 5.31. The zero-order valence-electron chi connectivity index (χ0n) is 11.2. The van der Waals surface area contributed by atoms with Crippen molar-refractivity contribution in [1.82, 2.24) is 5.32 Å². The van der Waals surface area contributed by atoms with Gasteiger partial charge in [-0.3, -0.25) is 0 Å². The lowest BCUT2D eigenvalue weighted by Crippen LogP contribution is -2.31. The van der Waals surface area contributed by atoms with Crippen LogP contribution >= 0.6 is 11.3 Å². The maximum Gasteiger partial charge on any atom is 0.123 e. The molecule has 0 radical (unpaired) electrons. The summed E-state index contributed by atoms with van der Waals surface area (Å²) in [5, 5.41) is 15.5. The quantitative estimate of drug-likeness (QED) is 0.853.